The van der Waals surface area contributed by atoms with Crippen LogP contribution in [0, 0.1) is 12.7 Å². The van der Waals surface area contributed by atoms with E-state index in [1.54, 1.807) is 16.8 Å². The number of likely N-dealkylation sites (N-methyl/N-ethyl adjacent to an activating group) is 1. The molecule has 0 saturated heterocycles. The van der Waals surface area contributed by atoms with Gasteiger partial charge in [-0.3, -0.25) is 4.68 Å². The lowest BCUT2D eigenvalue weighted by molar-refractivity contribution is 0.557. The number of nitrogens with zero attached hydrogens (tertiary/aromatic N) is 2. The predicted octanol–water partition coefficient (Wildman–Crippen LogP) is 3.79. The molecular formula is C14H16BrClFN3. The summed E-state index contributed by atoms with van der Waals surface area (Å²) in [5, 5.41) is 8.23. The lowest BCUT2D eigenvalue weighted by Crippen LogP contribution is -2.20. The average molecular weight is 361 g/mol. The van der Waals surface area contributed by atoms with E-state index in [4.69, 9.17) is 11.6 Å². The molecule has 2 aromatic rings. The van der Waals surface area contributed by atoms with E-state index in [-0.39, 0.29) is 11.9 Å². The summed E-state index contributed by atoms with van der Waals surface area (Å²) in [6.07, 6.45) is 0.685. The quantitative estimate of drug-likeness (QED) is 0.899. The second kappa shape index (κ2) is 6.24. The van der Waals surface area contributed by atoms with Crippen LogP contribution in [0.2, 0.25) is 5.02 Å². The Morgan fingerprint density at radius 1 is 1.50 bits per heavy atom. The van der Waals surface area contributed by atoms with Crippen molar-refractivity contribution in [2.24, 2.45) is 7.05 Å². The second-order valence-electron chi connectivity index (χ2n) is 4.69. The van der Waals surface area contributed by atoms with Crippen LogP contribution in [0.5, 0.6) is 0 Å². The summed E-state index contributed by atoms with van der Waals surface area (Å²) in [4.78, 5) is 0. The Morgan fingerprint density at radius 3 is 2.70 bits per heavy atom. The Balaban J connectivity index is 2.31. The van der Waals surface area contributed by atoms with E-state index >= 15 is 0 Å². The number of aryl methyl sites for hydroxylation is 2. The molecule has 1 aromatic heterocycles. The van der Waals surface area contributed by atoms with Crippen molar-refractivity contribution >= 4 is 27.5 Å². The van der Waals surface area contributed by atoms with Crippen LogP contribution >= 0.6 is 27.5 Å². The van der Waals surface area contributed by atoms with Crippen LogP contribution in [0.1, 0.15) is 23.0 Å². The van der Waals surface area contributed by atoms with Gasteiger partial charge in [-0.2, -0.15) is 5.10 Å². The first-order valence-electron chi connectivity index (χ1n) is 6.24. The SMILES string of the molecule is CNC(Cc1c(Cl)c(C)nn1C)c1ccc(F)c(Br)c1. The number of halogens is 3. The lowest BCUT2D eigenvalue weighted by atomic mass is 10.0. The van der Waals surface area contributed by atoms with Gasteiger partial charge in [-0.05, 0) is 47.6 Å². The maximum atomic E-state index is 13.3. The van der Waals surface area contributed by atoms with Crippen molar-refractivity contribution in [2.75, 3.05) is 7.05 Å². The van der Waals surface area contributed by atoms with Gasteiger partial charge in [-0.1, -0.05) is 17.7 Å². The van der Waals surface area contributed by atoms with Crippen molar-refractivity contribution in [2.45, 2.75) is 19.4 Å². The van der Waals surface area contributed by atoms with Crippen LogP contribution < -0.4 is 5.32 Å². The Kier molecular flexibility index (Phi) is 4.83. The highest BCUT2D eigenvalue weighted by Crippen LogP contribution is 2.27. The molecule has 3 nitrogen and oxygen atoms in total. The van der Waals surface area contributed by atoms with Gasteiger partial charge >= 0.3 is 0 Å². The second-order valence-corrected chi connectivity index (χ2v) is 5.92. The zero-order chi connectivity index (χ0) is 14.9. The van der Waals surface area contributed by atoms with Gasteiger partial charge in [0.1, 0.15) is 5.82 Å². The van der Waals surface area contributed by atoms with Gasteiger partial charge in [-0.25, -0.2) is 4.39 Å². The molecule has 0 radical (unpaired) electrons. The first kappa shape index (κ1) is 15.5. The van der Waals surface area contributed by atoms with E-state index in [1.165, 1.54) is 6.07 Å². The van der Waals surface area contributed by atoms with E-state index < -0.39 is 0 Å². The van der Waals surface area contributed by atoms with Crippen LogP contribution in [-0.2, 0) is 13.5 Å². The monoisotopic (exact) mass is 359 g/mol. The molecule has 6 heteroatoms. The molecule has 2 rings (SSSR count). The molecule has 108 valence electrons. The maximum Gasteiger partial charge on any atom is 0.137 e. The minimum absolute atomic E-state index is 0.0409. The summed E-state index contributed by atoms with van der Waals surface area (Å²) in [7, 11) is 3.75. The third-order valence-corrected chi connectivity index (χ3v) is 4.45. The number of nitrogens with one attached hydrogen (secondary N) is 1. The number of rotatable bonds is 4. The molecule has 0 aliphatic carbocycles. The number of hydrogen-bond donors (Lipinski definition) is 1. The molecule has 1 aromatic carbocycles. The fraction of sp³-hybridized carbons (Fsp3) is 0.357. The van der Waals surface area contributed by atoms with E-state index in [2.05, 4.69) is 26.3 Å². The molecule has 0 aliphatic rings. The van der Waals surface area contributed by atoms with Crippen LogP contribution in [0.4, 0.5) is 4.39 Å². The highest BCUT2D eigenvalue weighted by atomic mass is 79.9. The first-order chi connectivity index (χ1) is 9.43. The van der Waals surface area contributed by atoms with Gasteiger partial charge in [0.15, 0.2) is 0 Å². The molecule has 1 atom stereocenters. The Hall–Kier alpha value is -0.910. The molecule has 0 aliphatic heterocycles. The van der Waals surface area contributed by atoms with Crippen LogP contribution in [0.15, 0.2) is 22.7 Å². The van der Waals surface area contributed by atoms with Gasteiger partial charge in [0, 0.05) is 19.5 Å². The minimum Gasteiger partial charge on any atom is -0.313 e. The molecule has 0 bridgehead atoms. The van der Waals surface area contributed by atoms with Crippen LogP contribution in [0.25, 0.3) is 0 Å². The van der Waals surface area contributed by atoms with Gasteiger partial charge in [0.25, 0.3) is 0 Å². The van der Waals surface area contributed by atoms with Gasteiger partial charge in [-0.15, -0.1) is 0 Å². The zero-order valence-corrected chi connectivity index (χ0v) is 13.9. The van der Waals surface area contributed by atoms with Gasteiger partial charge in [0.2, 0.25) is 0 Å². The molecule has 1 heterocycles. The van der Waals surface area contributed by atoms with E-state index in [1.807, 2.05) is 21.0 Å². The summed E-state index contributed by atoms with van der Waals surface area (Å²) in [6, 6.07) is 5.06. The number of benzene rings is 1. The third-order valence-electron chi connectivity index (χ3n) is 3.35. The average Bonchev–Trinajstić information content (AvgIpc) is 2.65. The highest BCUT2D eigenvalue weighted by molar-refractivity contribution is 9.10. The molecular weight excluding hydrogens is 345 g/mol. The summed E-state index contributed by atoms with van der Waals surface area (Å²) in [5.74, 6) is -0.266. The molecule has 0 saturated carbocycles. The fourth-order valence-corrected chi connectivity index (χ4v) is 2.84. The van der Waals surface area contributed by atoms with Crippen molar-refractivity contribution in [3.05, 3.63) is 50.5 Å². The molecule has 0 spiro atoms. The summed E-state index contributed by atoms with van der Waals surface area (Å²) in [5.41, 5.74) is 2.78. The topological polar surface area (TPSA) is 29.9 Å². The van der Waals surface area contributed by atoms with Crippen LogP contribution in [0.3, 0.4) is 0 Å². The number of aromatic nitrogens is 2. The van der Waals surface area contributed by atoms with E-state index in [0.717, 1.165) is 17.0 Å². The Bertz CT molecular complexity index is 627. The lowest BCUT2D eigenvalue weighted by Gasteiger charge is -2.17. The van der Waals surface area contributed by atoms with Gasteiger partial charge < -0.3 is 5.32 Å². The molecule has 0 amide bonds. The largest absolute Gasteiger partial charge is 0.313 e. The third kappa shape index (κ3) is 3.05. The number of hydrogen-bond acceptors (Lipinski definition) is 2. The molecule has 1 unspecified atom stereocenters. The minimum atomic E-state index is -0.266. The normalized spacial score (nSPS) is 12.7. The van der Waals surface area contributed by atoms with Crippen molar-refractivity contribution in [3.63, 3.8) is 0 Å². The van der Waals surface area contributed by atoms with E-state index in [0.29, 0.717) is 15.9 Å². The standard InChI is InChI=1S/C14H16BrClFN3/c1-8-14(16)13(20(3)19-8)7-12(18-2)9-4-5-11(17)10(15)6-9/h4-6,12,18H,7H2,1-3H3. The summed E-state index contributed by atoms with van der Waals surface area (Å²) in [6.45, 7) is 1.88. The van der Waals surface area contributed by atoms with Crippen molar-refractivity contribution in [1.82, 2.24) is 15.1 Å². The Labute approximate surface area is 131 Å². The maximum absolute atomic E-state index is 13.3. The first-order valence-corrected chi connectivity index (χ1v) is 7.41. The summed E-state index contributed by atoms with van der Waals surface area (Å²) >= 11 is 9.49. The van der Waals surface area contributed by atoms with Crippen molar-refractivity contribution in [1.29, 1.82) is 0 Å². The molecule has 0 fully saturated rings. The van der Waals surface area contributed by atoms with Crippen LogP contribution in [-0.4, -0.2) is 16.8 Å². The van der Waals surface area contributed by atoms with Crippen molar-refractivity contribution in [3.8, 4) is 0 Å². The molecule has 1 N–H and O–H groups in total. The predicted molar refractivity (Wildman–Crippen MR) is 82.6 cm³/mol. The fourth-order valence-electron chi connectivity index (χ4n) is 2.21. The Morgan fingerprint density at radius 2 is 2.20 bits per heavy atom. The molecule has 20 heavy (non-hydrogen) atoms. The van der Waals surface area contributed by atoms with Gasteiger partial charge in [0.05, 0.1) is 20.9 Å². The summed E-state index contributed by atoms with van der Waals surface area (Å²) < 4.78 is 15.6. The van der Waals surface area contributed by atoms with Crippen molar-refractivity contribution < 1.29 is 4.39 Å². The zero-order valence-electron chi connectivity index (χ0n) is 11.5. The smallest absolute Gasteiger partial charge is 0.137 e. The highest BCUT2D eigenvalue weighted by Gasteiger charge is 2.18. The van der Waals surface area contributed by atoms with E-state index in [9.17, 15) is 4.39 Å².